The standard InChI is InChI=1S/C11H19N3OS/c1-7(2)13-11(15)6-12-5-10-8(3)14-9(4)16-10/h7,12H,5-6H2,1-4H3,(H,13,15). The van der Waals surface area contributed by atoms with E-state index in [0.717, 1.165) is 10.7 Å². The third-order valence-electron chi connectivity index (χ3n) is 2.02. The average molecular weight is 241 g/mol. The van der Waals surface area contributed by atoms with Crippen molar-refractivity contribution in [1.82, 2.24) is 15.6 Å². The number of hydrogen-bond acceptors (Lipinski definition) is 4. The van der Waals surface area contributed by atoms with Gasteiger partial charge in [0.25, 0.3) is 0 Å². The lowest BCUT2D eigenvalue weighted by molar-refractivity contribution is -0.120. The normalized spacial score (nSPS) is 10.8. The fourth-order valence-corrected chi connectivity index (χ4v) is 2.31. The Morgan fingerprint density at radius 3 is 2.62 bits per heavy atom. The van der Waals surface area contributed by atoms with Crippen molar-refractivity contribution in [2.24, 2.45) is 0 Å². The molecular formula is C11H19N3OS. The summed E-state index contributed by atoms with van der Waals surface area (Å²) in [5, 5.41) is 7.02. The first-order valence-electron chi connectivity index (χ1n) is 5.42. The third kappa shape index (κ3) is 4.28. The average Bonchev–Trinajstić information content (AvgIpc) is 2.44. The Labute approximate surface area is 100 Å². The van der Waals surface area contributed by atoms with Gasteiger partial charge in [-0.05, 0) is 27.7 Å². The molecule has 0 unspecified atom stereocenters. The largest absolute Gasteiger partial charge is 0.353 e. The Balaban J connectivity index is 2.30. The second-order valence-corrected chi connectivity index (χ2v) is 5.35. The first kappa shape index (κ1) is 13.1. The number of aryl methyl sites for hydroxylation is 2. The van der Waals surface area contributed by atoms with E-state index in [-0.39, 0.29) is 11.9 Å². The van der Waals surface area contributed by atoms with Crippen LogP contribution in [0.3, 0.4) is 0 Å². The van der Waals surface area contributed by atoms with Crippen LogP contribution in [-0.4, -0.2) is 23.5 Å². The summed E-state index contributed by atoms with van der Waals surface area (Å²) in [6.45, 7) is 8.96. The SMILES string of the molecule is Cc1nc(C)c(CNCC(=O)NC(C)C)s1. The molecule has 1 heterocycles. The molecule has 0 aromatic carbocycles. The molecule has 0 bridgehead atoms. The molecule has 4 nitrogen and oxygen atoms in total. The van der Waals surface area contributed by atoms with Gasteiger partial charge in [0, 0.05) is 17.5 Å². The smallest absolute Gasteiger partial charge is 0.234 e. The number of nitrogens with one attached hydrogen (secondary N) is 2. The monoisotopic (exact) mass is 241 g/mol. The minimum absolute atomic E-state index is 0.0360. The van der Waals surface area contributed by atoms with Gasteiger partial charge in [0.15, 0.2) is 0 Å². The Morgan fingerprint density at radius 1 is 1.44 bits per heavy atom. The highest BCUT2D eigenvalue weighted by atomic mass is 32.1. The van der Waals surface area contributed by atoms with Gasteiger partial charge in [-0.15, -0.1) is 11.3 Å². The molecule has 1 rings (SSSR count). The van der Waals surface area contributed by atoms with Gasteiger partial charge >= 0.3 is 0 Å². The lowest BCUT2D eigenvalue weighted by atomic mass is 10.3. The topological polar surface area (TPSA) is 54.0 Å². The number of thiazole rings is 1. The van der Waals surface area contributed by atoms with E-state index in [1.54, 1.807) is 11.3 Å². The van der Waals surface area contributed by atoms with Crippen LogP contribution in [0.25, 0.3) is 0 Å². The van der Waals surface area contributed by atoms with E-state index in [9.17, 15) is 4.79 Å². The molecule has 0 saturated carbocycles. The minimum atomic E-state index is 0.0360. The van der Waals surface area contributed by atoms with Crippen molar-refractivity contribution in [3.63, 3.8) is 0 Å². The van der Waals surface area contributed by atoms with Gasteiger partial charge in [-0.2, -0.15) is 0 Å². The van der Waals surface area contributed by atoms with Gasteiger partial charge in [-0.25, -0.2) is 4.98 Å². The van der Waals surface area contributed by atoms with Crippen LogP contribution >= 0.6 is 11.3 Å². The molecule has 0 aliphatic rings. The molecule has 0 saturated heterocycles. The van der Waals surface area contributed by atoms with E-state index in [1.807, 2.05) is 27.7 Å². The fourth-order valence-electron chi connectivity index (χ4n) is 1.40. The number of nitrogens with zero attached hydrogens (tertiary/aromatic N) is 1. The van der Waals surface area contributed by atoms with Crippen molar-refractivity contribution in [3.05, 3.63) is 15.6 Å². The van der Waals surface area contributed by atoms with Crippen LogP contribution in [0.4, 0.5) is 0 Å². The van der Waals surface area contributed by atoms with Crippen molar-refractivity contribution >= 4 is 17.2 Å². The van der Waals surface area contributed by atoms with Crippen LogP contribution in [-0.2, 0) is 11.3 Å². The molecule has 0 spiro atoms. The molecule has 1 aromatic rings. The second kappa shape index (κ2) is 5.96. The fraction of sp³-hybridized carbons (Fsp3) is 0.636. The first-order valence-corrected chi connectivity index (χ1v) is 6.23. The number of carbonyl (C=O) groups excluding carboxylic acids is 1. The molecule has 0 radical (unpaired) electrons. The van der Waals surface area contributed by atoms with E-state index in [1.165, 1.54) is 4.88 Å². The second-order valence-electron chi connectivity index (χ2n) is 4.07. The lowest BCUT2D eigenvalue weighted by Crippen LogP contribution is -2.37. The number of carbonyl (C=O) groups is 1. The van der Waals surface area contributed by atoms with E-state index in [4.69, 9.17) is 0 Å². The van der Waals surface area contributed by atoms with Gasteiger partial charge in [-0.1, -0.05) is 0 Å². The van der Waals surface area contributed by atoms with Crippen LogP contribution in [0.2, 0.25) is 0 Å². The molecule has 5 heteroatoms. The maximum absolute atomic E-state index is 11.3. The van der Waals surface area contributed by atoms with Gasteiger partial charge < -0.3 is 10.6 Å². The number of aromatic nitrogens is 1. The molecule has 90 valence electrons. The summed E-state index contributed by atoms with van der Waals surface area (Å²) in [7, 11) is 0. The molecule has 1 amide bonds. The van der Waals surface area contributed by atoms with Crippen molar-refractivity contribution in [1.29, 1.82) is 0 Å². The van der Waals surface area contributed by atoms with E-state index in [0.29, 0.717) is 13.1 Å². The van der Waals surface area contributed by atoms with E-state index in [2.05, 4.69) is 15.6 Å². The molecule has 0 aliphatic carbocycles. The van der Waals surface area contributed by atoms with Crippen molar-refractivity contribution in [2.45, 2.75) is 40.3 Å². The predicted octanol–water partition coefficient (Wildman–Crippen LogP) is 1.37. The highest BCUT2D eigenvalue weighted by molar-refractivity contribution is 7.11. The number of rotatable bonds is 5. The zero-order valence-electron chi connectivity index (χ0n) is 10.3. The highest BCUT2D eigenvalue weighted by Gasteiger charge is 2.06. The Kier molecular flexibility index (Phi) is 4.89. The first-order chi connectivity index (χ1) is 7.49. The number of amides is 1. The molecule has 2 N–H and O–H groups in total. The molecule has 0 aliphatic heterocycles. The van der Waals surface area contributed by atoms with E-state index < -0.39 is 0 Å². The third-order valence-corrected chi connectivity index (χ3v) is 3.09. The number of hydrogen-bond donors (Lipinski definition) is 2. The van der Waals surface area contributed by atoms with Crippen LogP contribution in [0.5, 0.6) is 0 Å². The quantitative estimate of drug-likeness (QED) is 0.818. The molecule has 0 fully saturated rings. The van der Waals surface area contributed by atoms with Gasteiger partial charge in [0.2, 0.25) is 5.91 Å². The van der Waals surface area contributed by atoms with Crippen LogP contribution in [0.1, 0.15) is 29.4 Å². The summed E-state index contributed by atoms with van der Waals surface area (Å²) >= 11 is 1.67. The zero-order chi connectivity index (χ0) is 12.1. The maximum atomic E-state index is 11.3. The molecule has 16 heavy (non-hydrogen) atoms. The Hall–Kier alpha value is -0.940. The van der Waals surface area contributed by atoms with Crippen molar-refractivity contribution in [2.75, 3.05) is 6.54 Å². The Morgan fingerprint density at radius 2 is 2.12 bits per heavy atom. The highest BCUT2D eigenvalue weighted by Crippen LogP contribution is 2.16. The molecular weight excluding hydrogens is 222 g/mol. The van der Waals surface area contributed by atoms with E-state index >= 15 is 0 Å². The summed E-state index contributed by atoms with van der Waals surface area (Å²) in [4.78, 5) is 16.9. The minimum Gasteiger partial charge on any atom is -0.353 e. The predicted molar refractivity (Wildman–Crippen MR) is 66.6 cm³/mol. The molecule has 1 aromatic heterocycles. The summed E-state index contributed by atoms with van der Waals surface area (Å²) in [6, 6.07) is 0.196. The Bertz CT molecular complexity index is 360. The summed E-state index contributed by atoms with van der Waals surface area (Å²) in [5.74, 6) is 0.0360. The van der Waals surface area contributed by atoms with Gasteiger partial charge in [0.05, 0.1) is 17.2 Å². The summed E-state index contributed by atoms with van der Waals surface area (Å²) in [5.41, 5.74) is 1.05. The van der Waals surface area contributed by atoms with Crippen LogP contribution in [0, 0.1) is 13.8 Å². The van der Waals surface area contributed by atoms with Crippen molar-refractivity contribution < 1.29 is 4.79 Å². The van der Waals surface area contributed by atoms with Crippen LogP contribution < -0.4 is 10.6 Å². The summed E-state index contributed by atoms with van der Waals surface area (Å²) in [6.07, 6.45) is 0. The molecule has 0 atom stereocenters. The van der Waals surface area contributed by atoms with Crippen molar-refractivity contribution in [3.8, 4) is 0 Å². The summed E-state index contributed by atoms with van der Waals surface area (Å²) < 4.78 is 0. The van der Waals surface area contributed by atoms with Gasteiger partial charge in [-0.3, -0.25) is 4.79 Å². The van der Waals surface area contributed by atoms with Gasteiger partial charge in [0.1, 0.15) is 0 Å². The maximum Gasteiger partial charge on any atom is 0.234 e. The zero-order valence-corrected chi connectivity index (χ0v) is 11.1. The lowest BCUT2D eigenvalue weighted by Gasteiger charge is -2.08. The van der Waals surface area contributed by atoms with Crippen LogP contribution in [0.15, 0.2) is 0 Å².